The van der Waals surface area contributed by atoms with Crippen LogP contribution in [-0.4, -0.2) is 63.3 Å². The fraction of sp³-hybridized carbons (Fsp3) is 0.438. The first-order valence-electron chi connectivity index (χ1n) is 8.34. The molecule has 1 fully saturated rings. The summed E-state index contributed by atoms with van der Waals surface area (Å²) in [7, 11) is 0. The van der Waals surface area contributed by atoms with Crippen LogP contribution in [-0.2, 0) is 0 Å². The van der Waals surface area contributed by atoms with Crippen LogP contribution in [0.5, 0.6) is 0 Å². The lowest BCUT2D eigenvalue weighted by Crippen LogP contribution is -2.49. The molecule has 0 aromatic carbocycles. The van der Waals surface area contributed by atoms with Crippen molar-refractivity contribution in [3.05, 3.63) is 29.0 Å². The van der Waals surface area contributed by atoms with Crippen LogP contribution < -0.4 is 16.0 Å². The Hall–Kier alpha value is -2.75. The van der Waals surface area contributed by atoms with E-state index in [0.29, 0.717) is 37.0 Å². The minimum absolute atomic E-state index is 0.0314. The lowest BCUT2D eigenvalue weighted by atomic mass is 10.2. The van der Waals surface area contributed by atoms with Gasteiger partial charge in [0, 0.05) is 44.6 Å². The zero-order chi connectivity index (χ0) is 18.7. The summed E-state index contributed by atoms with van der Waals surface area (Å²) in [6.45, 7) is 6.03. The minimum Gasteiger partial charge on any atom is -0.395 e. The van der Waals surface area contributed by atoms with Gasteiger partial charge in [0.25, 0.3) is 11.8 Å². The summed E-state index contributed by atoms with van der Waals surface area (Å²) in [6.07, 6.45) is 3.39. The molecule has 3 heterocycles. The van der Waals surface area contributed by atoms with Gasteiger partial charge in [-0.3, -0.25) is 9.59 Å². The number of hydrogen-bond acceptors (Lipinski definition) is 8. The van der Waals surface area contributed by atoms with Crippen LogP contribution in [0.2, 0.25) is 0 Å². The molecule has 0 spiro atoms. The second-order valence-corrected chi connectivity index (χ2v) is 7.00. The van der Waals surface area contributed by atoms with Gasteiger partial charge in [0.05, 0.1) is 5.69 Å². The fourth-order valence-corrected chi connectivity index (χ4v) is 3.42. The highest BCUT2D eigenvalue weighted by atomic mass is 32.1. The van der Waals surface area contributed by atoms with Gasteiger partial charge in [0.1, 0.15) is 4.88 Å². The first kappa shape index (κ1) is 18.1. The first-order valence-corrected chi connectivity index (χ1v) is 9.12. The van der Waals surface area contributed by atoms with Gasteiger partial charge < -0.3 is 20.9 Å². The summed E-state index contributed by atoms with van der Waals surface area (Å²) in [6, 6.07) is 1.74. The van der Waals surface area contributed by atoms with Crippen molar-refractivity contribution < 1.29 is 9.59 Å². The van der Waals surface area contributed by atoms with Gasteiger partial charge >= 0.3 is 0 Å². The molecule has 9 nitrogen and oxygen atoms in total. The van der Waals surface area contributed by atoms with E-state index in [-0.39, 0.29) is 29.2 Å². The Kier molecular flexibility index (Phi) is 5.31. The van der Waals surface area contributed by atoms with Gasteiger partial charge in [-0.15, -0.1) is 0 Å². The van der Waals surface area contributed by atoms with Crippen molar-refractivity contribution in [1.29, 1.82) is 0 Å². The van der Waals surface area contributed by atoms with Gasteiger partial charge in [-0.2, -0.15) is 4.37 Å². The average molecular weight is 375 g/mol. The molecular weight excluding hydrogens is 354 g/mol. The third-order valence-corrected chi connectivity index (χ3v) is 4.81. The van der Waals surface area contributed by atoms with E-state index in [1.54, 1.807) is 23.4 Å². The Morgan fingerprint density at radius 1 is 1.19 bits per heavy atom. The smallest absolute Gasteiger partial charge is 0.273 e. The fourth-order valence-electron chi connectivity index (χ4n) is 2.65. The summed E-state index contributed by atoms with van der Waals surface area (Å²) in [5.41, 5.74) is 6.27. The van der Waals surface area contributed by atoms with Gasteiger partial charge in [0.2, 0.25) is 5.95 Å². The molecule has 0 saturated carbocycles. The van der Waals surface area contributed by atoms with Crippen LogP contribution >= 0.6 is 11.5 Å². The minimum atomic E-state index is -0.362. The highest BCUT2D eigenvalue weighted by Gasteiger charge is 2.28. The van der Waals surface area contributed by atoms with E-state index in [2.05, 4.69) is 19.7 Å². The Bertz CT molecular complexity index is 785. The molecule has 26 heavy (non-hydrogen) atoms. The average Bonchev–Trinajstić information content (AvgIpc) is 3.03. The Morgan fingerprint density at radius 3 is 2.46 bits per heavy atom. The van der Waals surface area contributed by atoms with Crippen molar-refractivity contribution in [2.24, 2.45) is 0 Å². The predicted molar refractivity (Wildman–Crippen MR) is 99.3 cm³/mol. The van der Waals surface area contributed by atoms with Crippen molar-refractivity contribution >= 4 is 35.0 Å². The molecule has 2 aromatic rings. The number of aromatic nitrogens is 3. The summed E-state index contributed by atoms with van der Waals surface area (Å²) >= 11 is 0.965. The van der Waals surface area contributed by atoms with Crippen LogP contribution in [0, 0.1) is 0 Å². The summed E-state index contributed by atoms with van der Waals surface area (Å²) in [5.74, 6) is 0.0978. The molecule has 138 valence electrons. The number of nitrogens with two attached hydrogens (primary N) is 1. The summed E-state index contributed by atoms with van der Waals surface area (Å²) in [4.78, 5) is 37.4. The van der Waals surface area contributed by atoms with E-state index in [0.717, 1.165) is 11.5 Å². The van der Waals surface area contributed by atoms with Crippen LogP contribution in [0.15, 0.2) is 18.5 Å². The SMILES string of the molecule is CC(C)NC(=O)c1nsc(C(=O)N2CCN(c3ncccn3)CC2)c1N. The number of carbonyl (C=O) groups excluding carboxylic acids is 2. The molecule has 10 heteroatoms. The van der Waals surface area contributed by atoms with Gasteiger partial charge in [-0.05, 0) is 31.4 Å². The van der Waals surface area contributed by atoms with Crippen LogP contribution in [0.3, 0.4) is 0 Å². The number of anilines is 2. The molecule has 0 atom stereocenters. The van der Waals surface area contributed by atoms with Gasteiger partial charge in [0.15, 0.2) is 5.69 Å². The second-order valence-electron chi connectivity index (χ2n) is 6.23. The quantitative estimate of drug-likeness (QED) is 0.804. The molecule has 2 amide bonds. The molecule has 0 radical (unpaired) electrons. The molecule has 3 N–H and O–H groups in total. The number of hydrogen-bond donors (Lipinski definition) is 2. The van der Waals surface area contributed by atoms with Crippen LogP contribution in [0.1, 0.15) is 34.0 Å². The largest absolute Gasteiger partial charge is 0.395 e. The van der Waals surface area contributed by atoms with Crippen molar-refractivity contribution in [3.8, 4) is 0 Å². The van der Waals surface area contributed by atoms with Crippen LogP contribution in [0.4, 0.5) is 11.6 Å². The highest BCUT2D eigenvalue weighted by molar-refractivity contribution is 7.09. The monoisotopic (exact) mass is 375 g/mol. The Balaban J connectivity index is 1.66. The number of nitrogen functional groups attached to an aromatic ring is 1. The maximum atomic E-state index is 12.8. The number of nitrogens with one attached hydrogen (secondary N) is 1. The van der Waals surface area contributed by atoms with Gasteiger partial charge in [-0.25, -0.2) is 9.97 Å². The topological polar surface area (TPSA) is 117 Å². The third kappa shape index (κ3) is 3.74. The molecular formula is C16H21N7O2S. The molecule has 2 aromatic heterocycles. The third-order valence-electron chi connectivity index (χ3n) is 3.96. The van der Waals surface area contributed by atoms with Crippen molar-refractivity contribution in [1.82, 2.24) is 24.6 Å². The van der Waals surface area contributed by atoms with E-state index in [1.807, 2.05) is 18.7 Å². The second kappa shape index (κ2) is 7.65. The van der Waals surface area contributed by atoms with E-state index >= 15 is 0 Å². The molecule has 1 aliphatic rings. The van der Waals surface area contributed by atoms with E-state index < -0.39 is 0 Å². The normalized spacial score (nSPS) is 14.6. The van der Waals surface area contributed by atoms with E-state index in [1.165, 1.54) is 0 Å². The van der Waals surface area contributed by atoms with Crippen molar-refractivity contribution in [3.63, 3.8) is 0 Å². The Labute approximate surface area is 155 Å². The summed E-state index contributed by atoms with van der Waals surface area (Å²) < 4.78 is 4.07. The number of rotatable bonds is 4. The maximum absolute atomic E-state index is 12.8. The first-order chi connectivity index (χ1) is 12.5. The number of carbonyl (C=O) groups is 2. The number of piperazine rings is 1. The van der Waals surface area contributed by atoms with E-state index in [4.69, 9.17) is 5.73 Å². The molecule has 3 rings (SSSR count). The molecule has 1 saturated heterocycles. The molecule has 0 bridgehead atoms. The summed E-state index contributed by atoms with van der Waals surface area (Å²) in [5, 5.41) is 2.74. The lowest BCUT2D eigenvalue weighted by Gasteiger charge is -2.34. The zero-order valence-corrected chi connectivity index (χ0v) is 15.5. The van der Waals surface area contributed by atoms with E-state index in [9.17, 15) is 9.59 Å². The number of nitrogens with zero attached hydrogens (tertiary/aromatic N) is 5. The van der Waals surface area contributed by atoms with Crippen molar-refractivity contribution in [2.45, 2.75) is 19.9 Å². The van der Waals surface area contributed by atoms with Crippen molar-refractivity contribution in [2.75, 3.05) is 36.8 Å². The maximum Gasteiger partial charge on any atom is 0.273 e. The molecule has 0 unspecified atom stereocenters. The standard InChI is InChI=1S/C16H21N7O2S/c1-10(2)20-14(24)12-11(17)13(26-21-12)15(25)22-6-8-23(9-7-22)16-18-4-3-5-19-16/h3-5,10H,6-9,17H2,1-2H3,(H,20,24). The molecule has 1 aliphatic heterocycles. The van der Waals surface area contributed by atoms with Crippen LogP contribution in [0.25, 0.3) is 0 Å². The number of amides is 2. The molecule has 0 aliphatic carbocycles. The zero-order valence-electron chi connectivity index (χ0n) is 14.7. The van der Waals surface area contributed by atoms with Gasteiger partial charge in [-0.1, -0.05) is 0 Å². The predicted octanol–water partition coefficient (Wildman–Crippen LogP) is 0.616. The Morgan fingerprint density at radius 2 is 1.85 bits per heavy atom. The highest BCUT2D eigenvalue weighted by Crippen LogP contribution is 2.24. The lowest BCUT2D eigenvalue weighted by molar-refractivity contribution is 0.0752.